The van der Waals surface area contributed by atoms with E-state index in [0.29, 0.717) is 17.8 Å². The number of anilines is 1. The van der Waals surface area contributed by atoms with Gasteiger partial charge in [0.05, 0.1) is 11.9 Å². The molecule has 6 heteroatoms. The van der Waals surface area contributed by atoms with Crippen LogP contribution in [0.5, 0.6) is 0 Å². The van der Waals surface area contributed by atoms with Crippen molar-refractivity contribution >= 4 is 17.0 Å². The molecule has 0 aliphatic rings. The Hall–Kier alpha value is -3.41. The van der Waals surface area contributed by atoms with E-state index in [1.807, 2.05) is 55.4 Å². The van der Waals surface area contributed by atoms with Crippen LogP contribution in [0, 0.1) is 0 Å². The zero-order chi connectivity index (χ0) is 18.8. The maximum Gasteiger partial charge on any atom is 0.328 e. The summed E-state index contributed by atoms with van der Waals surface area (Å²) in [6, 6.07) is 18.2. The Morgan fingerprint density at radius 1 is 1.07 bits per heavy atom. The monoisotopic (exact) mass is 359 g/mol. The lowest BCUT2D eigenvalue weighted by Crippen LogP contribution is -2.18. The van der Waals surface area contributed by atoms with E-state index in [4.69, 9.17) is 4.98 Å². The van der Waals surface area contributed by atoms with Crippen molar-refractivity contribution in [3.63, 3.8) is 0 Å². The molecule has 0 bridgehead atoms. The van der Waals surface area contributed by atoms with Gasteiger partial charge in [0.1, 0.15) is 0 Å². The Balaban J connectivity index is 1.71. The van der Waals surface area contributed by atoms with Gasteiger partial charge in [-0.25, -0.2) is 14.8 Å². The Morgan fingerprint density at radius 3 is 2.67 bits per heavy atom. The van der Waals surface area contributed by atoms with Gasteiger partial charge in [0.15, 0.2) is 11.3 Å². The van der Waals surface area contributed by atoms with Gasteiger partial charge < -0.3 is 4.90 Å². The molecular weight excluding hydrogens is 338 g/mol. The molecule has 27 heavy (non-hydrogen) atoms. The number of imidazole rings is 1. The lowest BCUT2D eigenvalue weighted by Gasteiger charge is -2.13. The second kappa shape index (κ2) is 7.07. The molecule has 2 aromatic carbocycles. The number of nitrogens with one attached hydrogen (secondary N) is 1. The molecule has 0 saturated heterocycles. The first-order valence-electron chi connectivity index (χ1n) is 8.89. The number of benzene rings is 2. The summed E-state index contributed by atoms with van der Waals surface area (Å²) in [5.74, 6) is 0. The first kappa shape index (κ1) is 17.0. The third-order valence-corrected chi connectivity index (χ3v) is 4.61. The summed E-state index contributed by atoms with van der Waals surface area (Å²) in [7, 11) is 4.00. The zero-order valence-electron chi connectivity index (χ0n) is 15.4. The van der Waals surface area contributed by atoms with Crippen LogP contribution in [0.1, 0.15) is 5.56 Å². The molecule has 0 aliphatic heterocycles. The summed E-state index contributed by atoms with van der Waals surface area (Å²) < 4.78 is 1.66. The second-order valence-corrected chi connectivity index (χ2v) is 6.69. The topological polar surface area (TPSA) is 66.8 Å². The molecule has 4 rings (SSSR count). The normalized spacial score (nSPS) is 11.0. The quantitative estimate of drug-likeness (QED) is 0.595. The summed E-state index contributed by atoms with van der Waals surface area (Å²) in [6.45, 7) is 0.554. The van der Waals surface area contributed by atoms with Gasteiger partial charge in [0.2, 0.25) is 0 Å². The van der Waals surface area contributed by atoms with E-state index in [1.54, 1.807) is 10.8 Å². The third kappa shape index (κ3) is 3.46. The van der Waals surface area contributed by atoms with Crippen molar-refractivity contribution in [2.45, 2.75) is 13.0 Å². The molecule has 0 atom stereocenters. The highest BCUT2D eigenvalue weighted by Crippen LogP contribution is 2.23. The van der Waals surface area contributed by atoms with Crippen LogP contribution in [0.3, 0.4) is 0 Å². The summed E-state index contributed by atoms with van der Waals surface area (Å²) in [5, 5.41) is 0. The zero-order valence-corrected chi connectivity index (χ0v) is 15.4. The fourth-order valence-electron chi connectivity index (χ4n) is 3.10. The van der Waals surface area contributed by atoms with Crippen molar-refractivity contribution in [2.75, 3.05) is 19.0 Å². The Morgan fingerprint density at radius 2 is 1.89 bits per heavy atom. The van der Waals surface area contributed by atoms with Crippen LogP contribution in [-0.2, 0) is 13.0 Å². The molecule has 4 aromatic rings. The van der Waals surface area contributed by atoms with E-state index < -0.39 is 0 Å². The number of aryl methyl sites for hydroxylation is 2. The number of rotatable bonds is 5. The fraction of sp³-hybridized carbons (Fsp3) is 0.190. The van der Waals surface area contributed by atoms with Crippen LogP contribution in [0.2, 0.25) is 0 Å². The maximum absolute atomic E-state index is 12.4. The number of hydrogen-bond acceptors (Lipinski definition) is 4. The van der Waals surface area contributed by atoms with Crippen LogP contribution in [0.25, 0.3) is 22.6 Å². The van der Waals surface area contributed by atoms with Gasteiger partial charge in [-0.2, -0.15) is 0 Å². The first-order chi connectivity index (χ1) is 13.1. The Labute approximate surface area is 157 Å². The number of aromatic amines is 1. The first-order valence-corrected chi connectivity index (χ1v) is 8.89. The van der Waals surface area contributed by atoms with Gasteiger partial charge in [-0.05, 0) is 24.1 Å². The Bertz CT molecular complexity index is 1130. The van der Waals surface area contributed by atoms with Crippen LogP contribution in [-0.4, -0.2) is 33.6 Å². The van der Waals surface area contributed by atoms with Crippen molar-refractivity contribution in [1.82, 2.24) is 19.5 Å². The molecule has 0 spiro atoms. The van der Waals surface area contributed by atoms with E-state index in [1.165, 1.54) is 5.56 Å². The maximum atomic E-state index is 12.4. The fourth-order valence-corrected chi connectivity index (χ4v) is 3.10. The SMILES string of the molecule is CN(C)c1cccc(-c2cnc3[nH]c(=O)n(CCc4ccccc4)c3n2)c1. The van der Waals surface area contributed by atoms with Crippen molar-refractivity contribution < 1.29 is 0 Å². The second-order valence-electron chi connectivity index (χ2n) is 6.69. The van der Waals surface area contributed by atoms with E-state index in [0.717, 1.165) is 23.4 Å². The van der Waals surface area contributed by atoms with E-state index in [2.05, 4.69) is 28.2 Å². The molecule has 0 aliphatic carbocycles. The predicted octanol–water partition coefficient (Wildman–Crippen LogP) is 3.10. The minimum Gasteiger partial charge on any atom is -0.378 e. The molecule has 136 valence electrons. The molecule has 1 N–H and O–H groups in total. The lowest BCUT2D eigenvalue weighted by atomic mass is 10.1. The third-order valence-electron chi connectivity index (χ3n) is 4.61. The summed E-state index contributed by atoms with van der Waals surface area (Å²) in [6.07, 6.45) is 2.46. The van der Waals surface area contributed by atoms with Gasteiger partial charge in [0, 0.05) is 31.9 Å². The van der Waals surface area contributed by atoms with Crippen molar-refractivity contribution in [3.05, 3.63) is 76.8 Å². The molecule has 0 unspecified atom stereocenters. The Kier molecular flexibility index (Phi) is 4.46. The molecule has 2 heterocycles. The van der Waals surface area contributed by atoms with Crippen LogP contribution < -0.4 is 10.6 Å². The highest BCUT2D eigenvalue weighted by molar-refractivity contribution is 5.72. The summed E-state index contributed by atoms with van der Waals surface area (Å²) in [5.41, 5.74) is 4.91. The van der Waals surface area contributed by atoms with Crippen LogP contribution >= 0.6 is 0 Å². The number of hydrogen-bond donors (Lipinski definition) is 1. The number of H-pyrrole nitrogens is 1. The number of fused-ring (bicyclic) bond motifs is 1. The highest BCUT2D eigenvalue weighted by atomic mass is 16.1. The molecule has 2 aromatic heterocycles. The van der Waals surface area contributed by atoms with Crippen LogP contribution in [0.15, 0.2) is 65.6 Å². The van der Waals surface area contributed by atoms with E-state index in [9.17, 15) is 4.79 Å². The number of aromatic nitrogens is 4. The van der Waals surface area contributed by atoms with Gasteiger partial charge in [0.25, 0.3) is 0 Å². The average molecular weight is 359 g/mol. The summed E-state index contributed by atoms with van der Waals surface area (Å²) >= 11 is 0. The molecular formula is C21H21N5O. The van der Waals surface area contributed by atoms with Crippen molar-refractivity contribution in [2.24, 2.45) is 0 Å². The minimum absolute atomic E-state index is 0.180. The van der Waals surface area contributed by atoms with E-state index in [-0.39, 0.29) is 5.69 Å². The van der Waals surface area contributed by atoms with Gasteiger partial charge >= 0.3 is 5.69 Å². The molecule has 0 fully saturated rings. The number of nitrogens with zero attached hydrogens (tertiary/aromatic N) is 4. The molecule has 0 radical (unpaired) electrons. The minimum atomic E-state index is -0.180. The largest absolute Gasteiger partial charge is 0.378 e. The molecule has 0 saturated carbocycles. The highest BCUT2D eigenvalue weighted by Gasteiger charge is 2.12. The van der Waals surface area contributed by atoms with E-state index >= 15 is 0 Å². The predicted molar refractivity (Wildman–Crippen MR) is 108 cm³/mol. The molecule has 6 nitrogen and oxygen atoms in total. The lowest BCUT2D eigenvalue weighted by molar-refractivity contribution is 0.685. The average Bonchev–Trinajstić information content (AvgIpc) is 3.01. The van der Waals surface area contributed by atoms with Gasteiger partial charge in [-0.15, -0.1) is 0 Å². The molecule has 0 amide bonds. The van der Waals surface area contributed by atoms with Gasteiger partial charge in [-0.3, -0.25) is 9.55 Å². The van der Waals surface area contributed by atoms with Crippen molar-refractivity contribution in [1.29, 1.82) is 0 Å². The summed E-state index contributed by atoms with van der Waals surface area (Å²) in [4.78, 5) is 26.4. The standard InChI is InChI=1S/C21H21N5O/c1-25(2)17-10-6-9-16(13-17)18-14-22-19-20(23-18)26(21(27)24-19)12-11-15-7-4-3-5-8-15/h3-10,13-14H,11-12H2,1-2H3,(H,22,24,27). The van der Waals surface area contributed by atoms with Gasteiger partial charge in [-0.1, -0.05) is 42.5 Å². The smallest absolute Gasteiger partial charge is 0.328 e. The van der Waals surface area contributed by atoms with Crippen LogP contribution in [0.4, 0.5) is 5.69 Å². The van der Waals surface area contributed by atoms with Crippen molar-refractivity contribution in [3.8, 4) is 11.3 Å².